The zero-order valence-corrected chi connectivity index (χ0v) is 12.0. The molecule has 1 unspecified atom stereocenters. The highest BCUT2D eigenvalue weighted by Crippen LogP contribution is 2.22. The molecule has 1 rings (SSSR count). The van der Waals surface area contributed by atoms with Crippen LogP contribution in [0.2, 0.25) is 0 Å². The van der Waals surface area contributed by atoms with E-state index >= 15 is 0 Å². The Morgan fingerprint density at radius 3 is 2.22 bits per heavy atom. The Bertz CT molecular complexity index is 233. The summed E-state index contributed by atoms with van der Waals surface area (Å²) < 4.78 is 0. The zero-order valence-electron chi connectivity index (χ0n) is 12.0. The summed E-state index contributed by atoms with van der Waals surface area (Å²) in [7, 11) is 0. The highest BCUT2D eigenvalue weighted by Gasteiger charge is 2.22. The molecule has 18 heavy (non-hydrogen) atoms. The minimum atomic E-state index is -0.0667. The van der Waals surface area contributed by atoms with Crippen molar-refractivity contribution in [1.82, 2.24) is 5.32 Å². The number of carbonyl (C=O) groups is 1. The Morgan fingerprint density at radius 1 is 1.17 bits per heavy atom. The molecule has 0 aromatic carbocycles. The number of aliphatic hydroxyl groups excluding tert-OH is 1. The second-order valence-electron chi connectivity index (χ2n) is 6.06. The number of amides is 1. The van der Waals surface area contributed by atoms with E-state index in [1.165, 1.54) is 32.1 Å². The van der Waals surface area contributed by atoms with Crippen LogP contribution in [0.25, 0.3) is 0 Å². The lowest BCUT2D eigenvalue weighted by Gasteiger charge is -2.23. The molecule has 0 radical (unpaired) electrons. The summed E-state index contributed by atoms with van der Waals surface area (Å²) in [6.07, 6.45) is 9.09. The van der Waals surface area contributed by atoms with Crippen molar-refractivity contribution in [3.63, 3.8) is 0 Å². The van der Waals surface area contributed by atoms with Crippen LogP contribution in [0.15, 0.2) is 0 Å². The van der Waals surface area contributed by atoms with E-state index in [2.05, 4.69) is 19.2 Å². The van der Waals surface area contributed by atoms with E-state index in [9.17, 15) is 9.90 Å². The first kappa shape index (κ1) is 15.5. The smallest absolute Gasteiger partial charge is 0.223 e. The Balaban J connectivity index is 2.40. The third kappa shape index (κ3) is 5.85. The molecule has 3 nitrogen and oxygen atoms in total. The van der Waals surface area contributed by atoms with Crippen molar-refractivity contribution in [2.75, 3.05) is 6.61 Å². The zero-order chi connectivity index (χ0) is 13.4. The van der Waals surface area contributed by atoms with Gasteiger partial charge in [0, 0.05) is 5.92 Å². The molecule has 0 aromatic rings. The Hall–Kier alpha value is -0.570. The molecule has 0 bridgehead atoms. The summed E-state index contributed by atoms with van der Waals surface area (Å²) in [6, 6.07) is -0.0667. The number of carbonyl (C=O) groups excluding carboxylic acids is 1. The fourth-order valence-corrected chi connectivity index (χ4v) is 2.79. The van der Waals surface area contributed by atoms with E-state index in [0.717, 1.165) is 19.3 Å². The van der Waals surface area contributed by atoms with E-state index in [0.29, 0.717) is 5.92 Å². The average Bonchev–Trinajstić information content (AvgIpc) is 2.26. The van der Waals surface area contributed by atoms with Crippen LogP contribution in [-0.2, 0) is 4.79 Å². The number of rotatable bonds is 5. The van der Waals surface area contributed by atoms with Crippen LogP contribution in [0.1, 0.15) is 65.2 Å². The minimum absolute atomic E-state index is 0.0522. The van der Waals surface area contributed by atoms with Crippen molar-refractivity contribution in [3.8, 4) is 0 Å². The highest BCUT2D eigenvalue weighted by molar-refractivity contribution is 5.78. The predicted octanol–water partition coefficient (Wildman–Crippen LogP) is 2.87. The molecule has 1 atom stereocenters. The number of hydrogen-bond donors (Lipinski definition) is 2. The van der Waals surface area contributed by atoms with Gasteiger partial charge in [0.25, 0.3) is 0 Å². The second kappa shape index (κ2) is 8.52. The summed E-state index contributed by atoms with van der Waals surface area (Å²) in [5, 5.41) is 12.3. The fourth-order valence-electron chi connectivity index (χ4n) is 2.79. The first-order valence-electron chi connectivity index (χ1n) is 7.54. The van der Waals surface area contributed by atoms with E-state index in [1.54, 1.807) is 0 Å². The number of hydrogen-bond acceptors (Lipinski definition) is 2. The quantitative estimate of drug-likeness (QED) is 0.793. The molecule has 106 valence electrons. The molecule has 3 heteroatoms. The largest absolute Gasteiger partial charge is 0.394 e. The molecule has 0 aliphatic heterocycles. The van der Waals surface area contributed by atoms with Gasteiger partial charge in [-0.2, -0.15) is 0 Å². The molecular weight excluding hydrogens is 226 g/mol. The number of aliphatic hydroxyl groups is 1. The average molecular weight is 255 g/mol. The van der Waals surface area contributed by atoms with Gasteiger partial charge in [-0.05, 0) is 25.2 Å². The maximum Gasteiger partial charge on any atom is 0.223 e. The Labute approximate surface area is 111 Å². The monoisotopic (exact) mass is 255 g/mol. The highest BCUT2D eigenvalue weighted by atomic mass is 16.3. The van der Waals surface area contributed by atoms with Gasteiger partial charge in [0.15, 0.2) is 0 Å². The lowest BCUT2D eigenvalue weighted by molar-refractivity contribution is -0.126. The van der Waals surface area contributed by atoms with Crippen molar-refractivity contribution in [2.45, 2.75) is 71.3 Å². The van der Waals surface area contributed by atoms with Gasteiger partial charge in [-0.25, -0.2) is 0 Å². The van der Waals surface area contributed by atoms with Gasteiger partial charge in [0.1, 0.15) is 0 Å². The molecule has 1 saturated carbocycles. The third-order valence-electron chi connectivity index (χ3n) is 3.80. The van der Waals surface area contributed by atoms with Gasteiger partial charge in [0.2, 0.25) is 5.91 Å². The van der Waals surface area contributed by atoms with Crippen LogP contribution >= 0.6 is 0 Å². The fraction of sp³-hybridized carbons (Fsp3) is 0.933. The molecule has 2 N–H and O–H groups in total. The van der Waals surface area contributed by atoms with Crippen LogP contribution in [0.3, 0.4) is 0 Å². The maximum atomic E-state index is 12.2. The van der Waals surface area contributed by atoms with Gasteiger partial charge >= 0.3 is 0 Å². The molecule has 1 aliphatic rings. The van der Waals surface area contributed by atoms with Gasteiger partial charge < -0.3 is 10.4 Å². The summed E-state index contributed by atoms with van der Waals surface area (Å²) in [4.78, 5) is 12.2. The van der Waals surface area contributed by atoms with Crippen LogP contribution in [0.4, 0.5) is 0 Å². The van der Waals surface area contributed by atoms with E-state index in [4.69, 9.17) is 0 Å². The molecule has 0 aromatic heterocycles. The van der Waals surface area contributed by atoms with Gasteiger partial charge in [0.05, 0.1) is 12.6 Å². The molecule has 1 fully saturated rings. The third-order valence-corrected chi connectivity index (χ3v) is 3.80. The first-order chi connectivity index (χ1) is 8.63. The maximum absolute atomic E-state index is 12.2. The minimum Gasteiger partial charge on any atom is -0.394 e. The van der Waals surface area contributed by atoms with Crippen LogP contribution in [0, 0.1) is 11.8 Å². The van der Waals surface area contributed by atoms with Crippen molar-refractivity contribution < 1.29 is 9.90 Å². The van der Waals surface area contributed by atoms with Gasteiger partial charge in [-0.15, -0.1) is 0 Å². The lowest BCUT2D eigenvalue weighted by atomic mass is 9.90. The standard InChI is InChI=1S/C15H29NO2/c1-12(2)10-14(11-17)16-15(18)13-8-6-4-3-5-7-9-13/h12-14,17H,3-11H2,1-2H3,(H,16,18). The van der Waals surface area contributed by atoms with E-state index < -0.39 is 0 Å². The summed E-state index contributed by atoms with van der Waals surface area (Å²) >= 11 is 0. The van der Waals surface area contributed by atoms with Gasteiger partial charge in [-0.1, -0.05) is 46.0 Å². The van der Waals surface area contributed by atoms with Gasteiger partial charge in [-0.3, -0.25) is 4.79 Å². The van der Waals surface area contributed by atoms with Crippen molar-refractivity contribution >= 4 is 5.91 Å². The molecule has 1 amide bonds. The summed E-state index contributed by atoms with van der Waals surface area (Å²) in [5.74, 6) is 0.836. The lowest BCUT2D eigenvalue weighted by Crippen LogP contribution is -2.41. The van der Waals surface area contributed by atoms with Crippen LogP contribution < -0.4 is 5.32 Å². The van der Waals surface area contributed by atoms with E-state index in [-0.39, 0.29) is 24.5 Å². The first-order valence-corrected chi connectivity index (χ1v) is 7.54. The van der Waals surface area contributed by atoms with Crippen molar-refractivity contribution in [1.29, 1.82) is 0 Å². The Morgan fingerprint density at radius 2 is 1.72 bits per heavy atom. The van der Waals surface area contributed by atoms with Crippen LogP contribution in [0.5, 0.6) is 0 Å². The molecule has 1 aliphatic carbocycles. The molecule has 0 spiro atoms. The topological polar surface area (TPSA) is 49.3 Å². The second-order valence-corrected chi connectivity index (χ2v) is 6.06. The number of nitrogens with one attached hydrogen (secondary N) is 1. The van der Waals surface area contributed by atoms with E-state index in [1.807, 2.05) is 0 Å². The normalized spacial score (nSPS) is 20.2. The summed E-state index contributed by atoms with van der Waals surface area (Å²) in [6.45, 7) is 4.28. The Kier molecular flexibility index (Phi) is 7.33. The van der Waals surface area contributed by atoms with Crippen molar-refractivity contribution in [2.24, 2.45) is 11.8 Å². The SMILES string of the molecule is CC(C)CC(CO)NC(=O)C1CCCCCCC1. The van der Waals surface area contributed by atoms with Crippen LogP contribution in [-0.4, -0.2) is 23.7 Å². The molecule has 0 saturated heterocycles. The molecular formula is C15H29NO2. The summed E-state index contributed by atoms with van der Waals surface area (Å²) in [5.41, 5.74) is 0. The van der Waals surface area contributed by atoms with Crippen molar-refractivity contribution in [3.05, 3.63) is 0 Å². The molecule has 0 heterocycles. The predicted molar refractivity (Wildman–Crippen MR) is 74.3 cm³/mol.